The van der Waals surface area contributed by atoms with Gasteiger partial charge in [0.25, 0.3) is 0 Å². The third kappa shape index (κ3) is 2.15. The highest BCUT2D eigenvalue weighted by Gasteiger charge is 2.11. The molecule has 0 aliphatic heterocycles. The van der Waals surface area contributed by atoms with E-state index in [1.54, 1.807) is 18.6 Å². The van der Waals surface area contributed by atoms with Gasteiger partial charge in [-0.25, -0.2) is 9.97 Å². The number of benzene rings is 2. The van der Waals surface area contributed by atoms with Gasteiger partial charge in [0.2, 0.25) is 5.43 Å². The largest absolute Gasteiger partial charge is 0.463 e. The van der Waals surface area contributed by atoms with Gasteiger partial charge in [-0.15, -0.1) is 0 Å². The van der Waals surface area contributed by atoms with Crippen LogP contribution in [0, 0.1) is 0 Å². The maximum atomic E-state index is 12.7. The molecule has 2 N–H and O–H groups in total. The topological polar surface area (TPSA) is 87.6 Å². The van der Waals surface area contributed by atoms with E-state index in [1.165, 1.54) is 12.6 Å². The minimum Gasteiger partial charge on any atom is -0.463 e. The van der Waals surface area contributed by atoms with Gasteiger partial charge in [0, 0.05) is 0 Å². The van der Waals surface area contributed by atoms with Gasteiger partial charge >= 0.3 is 0 Å². The molecule has 2 aromatic carbocycles. The van der Waals surface area contributed by atoms with E-state index in [0.717, 1.165) is 22.2 Å². The van der Waals surface area contributed by atoms with Gasteiger partial charge in [-0.05, 0) is 35.4 Å². The number of H-pyrrole nitrogens is 2. The van der Waals surface area contributed by atoms with Crippen LogP contribution in [-0.4, -0.2) is 19.9 Å². The molecule has 0 atom stereocenters. The molecule has 3 aromatic heterocycles. The second-order valence-electron chi connectivity index (χ2n) is 5.79. The fourth-order valence-corrected chi connectivity index (χ4v) is 3.01. The van der Waals surface area contributed by atoms with Crippen molar-refractivity contribution in [2.75, 3.05) is 0 Å². The van der Waals surface area contributed by atoms with Gasteiger partial charge in [-0.2, -0.15) is 0 Å². The lowest BCUT2D eigenvalue weighted by Crippen LogP contribution is -2.04. The zero-order valence-corrected chi connectivity index (χ0v) is 13.0. The van der Waals surface area contributed by atoms with E-state index in [4.69, 9.17) is 4.42 Å². The Morgan fingerprint density at radius 3 is 2.72 bits per heavy atom. The second kappa shape index (κ2) is 5.17. The molecule has 0 bridgehead atoms. The van der Waals surface area contributed by atoms with Crippen molar-refractivity contribution in [2.24, 2.45) is 0 Å². The average Bonchev–Trinajstić information content (AvgIpc) is 3.33. The molecule has 120 valence electrons. The Labute approximate surface area is 141 Å². The summed E-state index contributed by atoms with van der Waals surface area (Å²) in [4.78, 5) is 26.9. The van der Waals surface area contributed by atoms with Crippen LogP contribution in [0.5, 0.6) is 0 Å². The molecular weight excluding hydrogens is 316 g/mol. The predicted octanol–water partition coefficient (Wildman–Crippen LogP) is 3.73. The lowest BCUT2D eigenvalue weighted by molar-refractivity contribution is 0.604. The van der Waals surface area contributed by atoms with Gasteiger partial charge < -0.3 is 14.4 Å². The molecule has 0 unspecified atom stereocenters. The quantitative estimate of drug-likeness (QED) is 0.517. The molecule has 0 radical (unpaired) electrons. The van der Waals surface area contributed by atoms with E-state index < -0.39 is 0 Å². The van der Waals surface area contributed by atoms with E-state index in [9.17, 15) is 4.79 Å². The molecule has 3 heterocycles. The first-order chi connectivity index (χ1) is 12.3. The molecule has 0 aliphatic rings. The Bertz CT molecular complexity index is 1270. The van der Waals surface area contributed by atoms with Crippen LogP contribution in [0.25, 0.3) is 44.4 Å². The third-order valence-corrected chi connectivity index (χ3v) is 4.32. The molecule has 0 aliphatic carbocycles. The number of nitrogens with zero attached hydrogens (tertiary/aromatic N) is 2. The van der Waals surface area contributed by atoms with Crippen molar-refractivity contribution in [3.05, 3.63) is 71.7 Å². The monoisotopic (exact) mass is 328 g/mol. The zero-order valence-electron chi connectivity index (χ0n) is 13.0. The first kappa shape index (κ1) is 13.7. The fraction of sp³-hybridized carbons (Fsp3) is 0. The normalized spacial score (nSPS) is 11.4. The number of hydrogen-bond donors (Lipinski definition) is 2. The maximum absolute atomic E-state index is 12.7. The standard InChI is InChI=1S/C19H12N4O2/c24-19-13-3-1-12(11-2-4-15-16(5-11)23-10-22-15)6-18(13)25-8-14(19)17-7-20-9-21-17/h1-10H,(H,20,21)(H,22,23). The van der Waals surface area contributed by atoms with E-state index in [2.05, 4.69) is 19.9 Å². The number of hydrogen-bond acceptors (Lipinski definition) is 4. The molecule has 0 fully saturated rings. The summed E-state index contributed by atoms with van der Waals surface area (Å²) in [7, 11) is 0. The number of rotatable bonds is 2. The Morgan fingerprint density at radius 1 is 0.960 bits per heavy atom. The van der Waals surface area contributed by atoms with Crippen molar-refractivity contribution in [2.45, 2.75) is 0 Å². The first-order valence-corrected chi connectivity index (χ1v) is 7.77. The lowest BCUT2D eigenvalue weighted by atomic mass is 10.0. The zero-order chi connectivity index (χ0) is 16.8. The summed E-state index contributed by atoms with van der Waals surface area (Å²) in [6.07, 6.45) is 6.28. The van der Waals surface area contributed by atoms with Crippen LogP contribution < -0.4 is 5.43 Å². The number of fused-ring (bicyclic) bond motifs is 2. The van der Waals surface area contributed by atoms with Crippen molar-refractivity contribution in [3.8, 4) is 22.4 Å². The van der Waals surface area contributed by atoms with Crippen molar-refractivity contribution in [3.63, 3.8) is 0 Å². The van der Waals surface area contributed by atoms with Crippen LogP contribution in [0.3, 0.4) is 0 Å². The number of nitrogens with one attached hydrogen (secondary N) is 2. The van der Waals surface area contributed by atoms with Gasteiger partial charge in [0.05, 0.1) is 46.5 Å². The average molecular weight is 328 g/mol. The van der Waals surface area contributed by atoms with Crippen LogP contribution >= 0.6 is 0 Å². The van der Waals surface area contributed by atoms with E-state index in [-0.39, 0.29) is 5.43 Å². The second-order valence-corrected chi connectivity index (χ2v) is 5.79. The number of aromatic nitrogens is 4. The first-order valence-electron chi connectivity index (χ1n) is 7.77. The van der Waals surface area contributed by atoms with Crippen LogP contribution in [0.1, 0.15) is 0 Å². The summed E-state index contributed by atoms with van der Waals surface area (Å²) >= 11 is 0. The Kier molecular flexibility index (Phi) is 2.84. The lowest BCUT2D eigenvalue weighted by Gasteiger charge is -2.05. The van der Waals surface area contributed by atoms with Gasteiger partial charge in [0.1, 0.15) is 11.8 Å². The van der Waals surface area contributed by atoms with Gasteiger partial charge in [-0.3, -0.25) is 4.79 Å². The SMILES string of the molecule is O=c1c(-c2cnc[nH]2)coc2cc(-c3ccc4nc[nH]c4c3)ccc12. The van der Waals surface area contributed by atoms with E-state index in [1.807, 2.05) is 30.3 Å². The van der Waals surface area contributed by atoms with Gasteiger partial charge in [-0.1, -0.05) is 12.1 Å². The molecule has 0 saturated heterocycles. The molecule has 6 heteroatoms. The Balaban J connectivity index is 1.67. The minimum absolute atomic E-state index is 0.0823. The Hall–Kier alpha value is -3.67. The molecule has 5 rings (SSSR count). The molecule has 5 aromatic rings. The van der Waals surface area contributed by atoms with E-state index >= 15 is 0 Å². The van der Waals surface area contributed by atoms with Crippen LogP contribution in [0.15, 0.2) is 70.7 Å². The third-order valence-electron chi connectivity index (χ3n) is 4.32. The summed E-state index contributed by atoms with van der Waals surface area (Å²) in [5.74, 6) is 0. The highest BCUT2D eigenvalue weighted by atomic mass is 16.3. The number of imidazole rings is 2. The molecule has 25 heavy (non-hydrogen) atoms. The summed E-state index contributed by atoms with van der Waals surface area (Å²) in [5.41, 5.74) is 5.46. The highest BCUT2D eigenvalue weighted by Crippen LogP contribution is 2.26. The molecule has 0 amide bonds. The Morgan fingerprint density at radius 2 is 1.84 bits per heavy atom. The number of aromatic amines is 2. The fourth-order valence-electron chi connectivity index (χ4n) is 3.01. The van der Waals surface area contributed by atoms with Crippen molar-refractivity contribution < 1.29 is 4.42 Å². The van der Waals surface area contributed by atoms with Crippen LogP contribution in [0.2, 0.25) is 0 Å². The summed E-state index contributed by atoms with van der Waals surface area (Å²) in [6, 6.07) is 11.6. The molecule has 6 nitrogen and oxygen atoms in total. The van der Waals surface area contributed by atoms with Crippen molar-refractivity contribution in [1.82, 2.24) is 19.9 Å². The molecular formula is C19H12N4O2. The van der Waals surface area contributed by atoms with Crippen molar-refractivity contribution >= 4 is 22.0 Å². The predicted molar refractivity (Wildman–Crippen MR) is 95.2 cm³/mol. The smallest absolute Gasteiger partial charge is 0.202 e. The molecule has 0 saturated carbocycles. The van der Waals surface area contributed by atoms with Crippen LogP contribution in [0.4, 0.5) is 0 Å². The maximum Gasteiger partial charge on any atom is 0.202 e. The molecule has 0 spiro atoms. The highest BCUT2D eigenvalue weighted by molar-refractivity contribution is 5.87. The van der Waals surface area contributed by atoms with E-state index in [0.29, 0.717) is 22.2 Å². The summed E-state index contributed by atoms with van der Waals surface area (Å²) in [5, 5.41) is 0.540. The van der Waals surface area contributed by atoms with Gasteiger partial charge in [0.15, 0.2) is 0 Å². The summed E-state index contributed by atoms with van der Waals surface area (Å²) < 4.78 is 5.71. The van der Waals surface area contributed by atoms with Crippen LogP contribution in [-0.2, 0) is 0 Å². The van der Waals surface area contributed by atoms with Crippen molar-refractivity contribution in [1.29, 1.82) is 0 Å². The minimum atomic E-state index is -0.0823. The summed E-state index contributed by atoms with van der Waals surface area (Å²) in [6.45, 7) is 0.